The second-order valence-corrected chi connectivity index (χ2v) is 6.29. The van der Waals surface area contributed by atoms with Gasteiger partial charge in [0, 0.05) is 16.0 Å². The Morgan fingerprint density at radius 2 is 1.44 bits per heavy atom. The zero-order valence-corrected chi connectivity index (χ0v) is 15.3. The first-order valence-corrected chi connectivity index (χ1v) is 8.32. The van der Waals surface area contributed by atoms with Crippen LogP contribution >= 0.6 is 24.0 Å². The maximum Gasteiger partial charge on any atom is 0.0745 e. The van der Waals surface area contributed by atoms with Crippen molar-refractivity contribution in [2.45, 2.75) is 6.92 Å². The maximum absolute atomic E-state index is 6.19. The monoisotopic (exact) mass is 365 g/mol. The number of hydrogen-bond acceptors (Lipinski definition) is 1. The van der Waals surface area contributed by atoms with E-state index in [0.717, 1.165) is 21.8 Å². The highest BCUT2D eigenvalue weighted by molar-refractivity contribution is 6.30. The molecule has 0 N–H and O–H groups in total. The van der Waals surface area contributed by atoms with E-state index >= 15 is 0 Å². The molecule has 0 saturated heterocycles. The number of rotatable bonds is 2. The number of aromatic nitrogens is 1. The first-order chi connectivity index (χ1) is 11.7. The van der Waals surface area contributed by atoms with Crippen LogP contribution in [-0.4, -0.2) is 4.98 Å². The van der Waals surface area contributed by atoms with Crippen LogP contribution in [0.3, 0.4) is 0 Å². The lowest BCUT2D eigenvalue weighted by Gasteiger charge is -2.15. The van der Waals surface area contributed by atoms with E-state index in [0.29, 0.717) is 0 Å². The lowest BCUT2D eigenvalue weighted by molar-refractivity contribution is 1.33. The molecule has 3 heteroatoms. The number of pyridine rings is 1. The quantitative estimate of drug-likeness (QED) is 0.374. The molecule has 0 bridgehead atoms. The van der Waals surface area contributed by atoms with Gasteiger partial charge < -0.3 is 0 Å². The van der Waals surface area contributed by atoms with Crippen LogP contribution < -0.4 is 0 Å². The minimum absolute atomic E-state index is 0. The summed E-state index contributed by atoms with van der Waals surface area (Å²) in [7, 11) is 0. The summed E-state index contributed by atoms with van der Waals surface area (Å²) in [6, 6.07) is 26.7. The highest BCUT2D eigenvalue weighted by atomic mass is 35.5. The van der Waals surface area contributed by atoms with Crippen LogP contribution in [0, 0.1) is 6.92 Å². The number of nitrogens with zero attached hydrogens (tertiary/aromatic N) is 1. The second-order valence-electron chi connectivity index (χ2n) is 5.85. The molecule has 1 heterocycles. The molecular weight excluding hydrogens is 349 g/mol. The van der Waals surface area contributed by atoms with Crippen molar-refractivity contribution in [2.24, 2.45) is 0 Å². The summed E-state index contributed by atoms with van der Waals surface area (Å²) in [5.41, 5.74) is 6.63. The van der Waals surface area contributed by atoms with Gasteiger partial charge in [0.15, 0.2) is 0 Å². The molecule has 4 aromatic rings. The molecule has 25 heavy (non-hydrogen) atoms. The van der Waals surface area contributed by atoms with Gasteiger partial charge in [-0.25, -0.2) is 4.98 Å². The van der Waals surface area contributed by atoms with E-state index in [2.05, 4.69) is 55.5 Å². The second kappa shape index (κ2) is 7.26. The maximum atomic E-state index is 6.19. The standard InChI is InChI=1S/C22H16ClN.ClH/c1-15-21(16-8-3-2-4-9-16)19-12-5-6-13-20(19)24-22(15)17-10-7-11-18(23)14-17;/h2-14H,1H3;1H. The van der Waals surface area contributed by atoms with Gasteiger partial charge in [-0.1, -0.05) is 72.3 Å². The Balaban J connectivity index is 0.00000182. The lowest BCUT2D eigenvalue weighted by Crippen LogP contribution is -1.95. The van der Waals surface area contributed by atoms with E-state index in [4.69, 9.17) is 16.6 Å². The van der Waals surface area contributed by atoms with Crippen molar-refractivity contribution in [3.8, 4) is 22.4 Å². The molecule has 0 aliphatic heterocycles. The summed E-state index contributed by atoms with van der Waals surface area (Å²) < 4.78 is 0. The lowest BCUT2D eigenvalue weighted by atomic mass is 9.93. The van der Waals surface area contributed by atoms with Crippen molar-refractivity contribution in [3.63, 3.8) is 0 Å². The highest BCUT2D eigenvalue weighted by Crippen LogP contribution is 2.36. The van der Waals surface area contributed by atoms with Gasteiger partial charge in [-0.05, 0) is 41.8 Å². The normalized spacial score (nSPS) is 10.5. The van der Waals surface area contributed by atoms with Gasteiger partial charge in [0.1, 0.15) is 0 Å². The topological polar surface area (TPSA) is 12.9 Å². The fourth-order valence-corrected chi connectivity index (χ4v) is 3.39. The first-order valence-electron chi connectivity index (χ1n) is 7.95. The van der Waals surface area contributed by atoms with Gasteiger partial charge >= 0.3 is 0 Å². The van der Waals surface area contributed by atoms with E-state index in [-0.39, 0.29) is 12.4 Å². The van der Waals surface area contributed by atoms with Crippen LogP contribution in [0.1, 0.15) is 5.56 Å². The van der Waals surface area contributed by atoms with Gasteiger partial charge in [-0.15, -0.1) is 12.4 Å². The van der Waals surface area contributed by atoms with E-state index in [9.17, 15) is 0 Å². The molecule has 0 spiro atoms. The Bertz CT molecular complexity index is 1030. The predicted molar refractivity (Wildman–Crippen MR) is 110 cm³/mol. The van der Waals surface area contributed by atoms with Crippen molar-refractivity contribution < 1.29 is 0 Å². The highest BCUT2D eigenvalue weighted by Gasteiger charge is 2.14. The van der Waals surface area contributed by atoms with Crippen LogP contribution in [0.4, 0.5) is 0 Å². The Kier molecular flexibility index (Phi) is 5.08. The van der Waals surface area contributed by atoms with Crippen molar-refractivity contribution in [3.05, 3.63) is 89.4 Å². The summed E-state index contributed by atoms with van der Waals surface area (Å²) in [5.74, 6) is 0. The number of benzene rings is 3. The fraction of sp³-hybridized carbons (Fsp3) is 0.0455. The van der Waals surface area contributed by atoms with Gasteiger partial charge in [-0.3, -0.25) is 0 Å². The molecule has 124 valence electrons. The smallest absolute Gasteiger partial charge is 0.0745 e. The minimum Gasteiger partial charge on any atom is -0.247 e. The summed E-state index contributed by atoms with van der Waals surface area (Å²) in [5, 5.41) is 1.90. The average molecular weight is 366 g/mol. The SMILES string of the molecule is Cc1c(-c2cccc(Cl)c2)nc2ccccc2c1-c1ccccc1.Cl. The van der Waals surface area contributed by atoms with E-state index < -0.39 is 0 Å². The van der Waals surface area contributed by atoms with Crippen LogP contribution in [0.5, 0.6) is 0 Å². The molecule has 0 amide bonds. The molecule has 0 atom stereocenters. The molecule has 1 aromatic heterocycles. The third kappa shape index (κ3) is 3.26. The molecule has 0 fully saturated rings. The van der Waals surface area contributed by atoms with Crippen LogP contribution in [0.25, 0.3) is 33.3 Å². The number of hydrogen-bond donors (Lipinski definition) is 0. The molecule has 0 aliphatic carbocycles. The summed E-state index contributed by atoms with van der Waals surface area (Å²) in [6.07, 6.45) is 0. The zero-order valence-electron chi connectivity index (χ0n) is 13.7. The zero-order chi connectivity index (χ0) is 16.5. The Morgan fingerprint density at radius 3 is 2.20 bits per heavy atom. The van der Waals surface area contributed by atoms with E-state index in [1.165, 1.54) is 22.1 Å². The van der Waals surface area contributed by atoms with Gasteiger partial charge in [0.25, 0.3) is 0 Å². The first kappa shape index (κ1) is 17.5. The number of para-hydroxylation sites is 1. The molecule has 0 saturated carbocycles. The average Bonchev–Trinajstić information content (AvgIpc) is 2.62. The molecule has 1 nitrogen and oxygen atoms in total. The Morgan fingerprint density at radius 1 is 0.760 bits per heavy atom. The molecular formula is C22H17Cl2N. The van der Waals surface area contributed by atoms with E-state index in [1.54, 1.807) is 0 Å². The third-order valence-electron chi connectivity index (χ3n) is 4.30. The van der Waals surface area contributed by atoms with Crippen molar-refractivity contribution in [2.75, 3.05) is 0 Å². The van der Waals surface area contributed by atoms with Crippen LogP contribution in [0.2, 0.25) is 5.02 Å². The van der Waals surface area contributed by atoms with Crippen LogP contribution in [0.15, 0.2) is 78.9 Å². The third-order valence-corrected chi connectivity index (χ3v) is 4.53. The van der Waals surface area contributed by atoms with Gasteiger partial charge in [-0.2, -0.15) is 0 Å². The molecule has 0 radical (unpaired) electrons. The van der Waals surface area contributed by atoms with Crippen molar-refractivity contribution in [1.82, 2.24) is 4.98 Å². The van der Waals surface area contributed by atoms with E-state index in [1.807, 2.05) is 30.3 Å². The van der Waals surface area contributed by atoms with Crippen molar-refractivity contribution >= 4 is 34.9 Å². The summed E-state index contributed by atoms with van der Waals surface area (Å²) in [6.45, 7) is 2.14. The Hall–Kier alpha value is -2.35. The summed E-state index contributed by atoms with van der Waals surface area (Å²) in [4.78, 5) is 4.91. The summed E-state index contributed by atoms with van der Waals surface area (Å²) >= 11 is 6.19. The number of halogens is 2. The van der Waals surface area contributed by atoms with Crippen molar-refractivity contribution in [1.29, 1.82) is 0 Å². The predicted octanol–water partition coefficient (Wildman–Crippen LogP) is 6.95. The molecule has 0 aliphatic rings. The minimum atomic E-state index is 0. The Labute approximate surface area is 158 Å². The molecule has 4 rings (SSSR count). The largest absolute Gasteiger partial charge is 0.247 e. The molecule has 3 aromatic carbocycles. The van der Waals surface area contributed by atoms with Gasteiger partial charge in [0.05, 0.1) is 11.2 Å². The number of fused-ring (bicyclic) bond motifs is 1. The molecule has 0 unspecified atom stereocenters. The fourth-order valence-electron chi connectivity index (χ4n) is 3.20. The van der Waals surface area contributed by atoms with Gasteiger partial charge in [0.2, 0.25) is 0 Å². The van der Waals surface area contributed by atoms with Crippen LogP contribution in [-0.2, 0) is 0 Å².